The first kappa shape index (κ1) is 12.0. The Balaban J connectivity index is 2.23. The molecule has 0 aromatic carbocycles. The van der Waals surface area contributed by atoms with Crippen molar-refractivity contribution in [3.05, 3.63) is 0 Å². The first-order chi connectivity index (χ1) is 7.06. The minimum atomic E-state index is -1.27. The van der Waals surface area contributed by atoms with Gasteiger partial charge in [0.05, 0.1) is 13.7 Å². The molecule has 0 spiro atoms. The highest BCUT2D eigenvalue weighted by Crippen LogP contribution is 2.36. The SMILES string of the molecule is COC(=O)C(O)CNC(=O)C(C)C1CC1. The van der Waals surface area contributed by atoms with Crippen LogP contribution in [-0.4, -0.2) is 36.7 Å². The normalized spacial score (nSPS) is 19.1. The third-order valence-electron chi connectivity index (χ3n) is 2.69. The van der Waals surface area contributed by atoms with Crippen molar-refractivity contribution in [3.63, 3.8) is 0 Å². The Hall–Kier alpha value is -1.10. The fourth-order valence-electron chi connectivity index (χ4n) is 1.39. The molecular formula is C10H17NO4. The van der Waals surface area contributed by atoms with E-state index in [9.17, 15) is 14.7 Å². The van der Waals surface area contributed by atoms with Crippen LogP contribution in [0.3, 0.4) is 0 Å². The Morgan fingerprint density at radius 1 is 1.53 bits per heavy atom. The molecule has 86 valence electrons. The summed E-state index contributed by atoms with van der Waals surface area (Å²) in [6.45, 7) is 1.78. The van der Waals surface area contributed by atoms with Gasteiger partial charge < -0.3 is 15.2 Å². The van der Waals surface area contributed by atoms with Crippen LogP contribution < -0.4 is 5.32 Å². The van der Waals surface area contributed by atoms with Crippen LogP contribution in [0.25, 0.3) is 0 Å². The number of aliphatic hydroxyl groups excluding tert-OH is 1. The van der Waals surface area contributed by atoms with E-state index in [-0.39, 0.29) is 18.4 Å². The lowest BCUT2D eigenvalue weighted by Gasteiger charge is -2.13. The first-order valence-electron chi connectivity index (χ1n) is 5.10. The molecular weight excluding hydrogens is 198 g/mol. The predicted octanol–water partition coefficient (Wildman–Crippen LogP) is -0.317. The van der Waals surface area contributed by atoms with Gasteiger partial charge in [-0.3, -0.25) is 4.79 Å². The number of aliphatic hydroxyl groups is 1. The van der Waals surface area contributed by atoms with E-state index >= 15 is 0 Å². The summed E-state index contributed by atoms with van der Waals surface area (Å²) in [5.41, 5.74) is 0. The summed E-state index contributed by atoms with van der Waals surface area (Å²) in [6, 6.07) is 0. The van der Waals surface area contributed by atoms with Gasteiger partial charge in [0, 0.05) is 5.92 Å². The van der Waals surface area contributed by atoms with Gasteiger partial charge in [-0.2, -0.15) is 0 Å². The van der Waals surface area contributed by atoms with E-state index in [1.807, 2.05) is 6.92 Å². The molecule has 2 unspecified atom stereocenters. The monoisotopic (exact) mass is 215 g/mol. The lowest BCUT2D eigenvalue weighted by molar-refractivity contribution is -0.150. The number of nitrogens with one attached hydrogen (secondary N) is 1. The molecule has 0 bridgehead atoms. The second-order valence-corrected chi connectivity index (χ2v) is 3.91. The van der Waals surface area contributed by atoms with Crippen LogP contribution in [0.1, 0.15) is 19.8 Å². The molecule has 2 atom stereocenters. The fraction of sp³-hybridized carbons (Fsp3) is 0.800. The molecule has 0 aromatic rings. The van der Waals surface area contributed by atoms with Crippen LogP contribution in [0.4, 0.5) is 0 Å². The number of esters is 1. The van der Waals surface area contributed by atoms with Crippen molar-refractivity contribution in [1.82, 2.24) is 5.32 Å². The van der Waals surface area contributed by atoms with Crippen molar-refractivity contribution in [2.75, 3.05) is 13.7 Å². The molecule has 1 fully saturated rings. The zero-order valence-electron chi connectivity index (χ0n) is 9.03. The van der Waals surface area contributed by atoms with E-state index in [1.54, 1.807) is 0 Å². The topological polar surface area (TPSA) is 75.6 Å². The summed E-state index contributed by atoms with van der Waals surface area (Å²) in [7, 11) is 1.19. The van der Waals surface area contributed by atoms with Crippen molar-refractivity contribution < 1.29 is 19.4 Å². The molecule has 1 saturated carbocycles. The summed E-state index contributed by atoms with van der Waals surface area (Å²) < 4.78 is 4.32. The van der Waals surface area contributed by atoms with E-state index in [2.05, 4.69) is 10.1 Å². The maximum atomic E-state index is 11.5. The number of ether oxygens (including phenoxy) is 1. The largest absolute Gasteiger partial charge is 0.467 e. The molecule has 5 nitrogen and oxygen atoms in total. The Morgan fingerprint density at radius 2 is 2.13 bits per heavy atom. The highest BCUT2D eigenvalue weighted by atomic mass is 16.5. The van der Waals surface area contributed by atoms with E-state index < -0.39 is 12.1 Å². The van der Waals surface area contributed by atoms with Gasteiger partial charge in [-0.15, -0.1) is 0 Å². The van der Waals surface area contributed by atoms with Gasteiger partial charge in [0.15, 0.2) is 6.10 Å². The van der Waals surface area contributed by atoms with Crippen LogP contribution in [0.15, 0.2) is 0 Å². The number of rotatable bonds is 5. The van der Waals surface area contributed by atoms with Gasteiger partial charge in [-0.1, -0.05) is 6.92 Å². The summed E-state index contributed by atoms with van der Waals surface area (Å²) in [5, 5.41) is 11.7. The number of methoxy groups -OCH3 is 1. The van der Waals surface area contributed by atoms with E-state index in [0.29, 0.717) is 5.92 Å². The smallest absolute Gasteiger partial charge is 0.336 e. The zero-order valence-corrected chi connectivity index (χ0v) is 9.03. The van der Waals surface area contributed by atoms with Crippen molar-refractivity contribution in [2.45, 2.75) is 25.9 Å². The molecule has 5 heteroatoms. The average Bonchev–Trinajstić information content (AvgIpc) is 3.06. The summed E-state index contributed by atoms with van der Waals surface area (Å²) >= 11 is 0. The number of amides is 1. The van der Waals surface area contributed by atoms with Crippen molar-refractivity contribution in [2.24, 2.45) is 11.8 Å². The quantitative estimate of drug-likeness (QED) is 0.616. The molecule has 0 saturated heterocycles. The highest BCUT2D eigenvalue weighted by Gasteiger charge is 2.32. The van der Waals surface area contributed by atoms with Gasteiger partial charge >= 0.3 is 5.97 Å². The van der Waals surface area contributed by atoms with Crippen LogP contribution in [-0.2, 0) is 14.3 Å². The summed E-state index contributed by atoms with van der Waals surface area (Å²) in [6.07, 6.45) is 0.910. The van der Waals surface area contributed by atoms with E-state index in [0.717, 1.165) is 12.8 Å². The van der Waals surface area contributed by atoms with E-state index in [4.69, 9.17) is 0 Å². The minimum absolute atomic E-state index is 0.0325. The van der Waals surface area contributed by atoms with Crippen LogP contribution >= 0.6 is 0 Å². The number of carbonyl (C=O) groups excluding carboxylic acids is 2. The molecule has 0 heterocycles. The zero-order chi connectivity index (χ0) is 11.4. The molecule has 1 aliphatic carbocycles. The Morgan fingerprint density at radius 3 is 2.60 bits per heavy atom. The van der Waals surface area contributed by atoms with Gasteiger partial charge in [-0.05, 0) is 18.8 Å². The highest BCUT2D eigenvalue weighted by molar-refractivity contribution is 5.80. The molecule has 0 aliphatic heterocycles. The molecule has 1 amide bonds. The Labute approximate surface area is 88.8 Å². The van der Waals surface area contributed by atoms with Crippen LogP contribution in [0, 0.1) is 11.8 Å². The fourth-order valence-corrected chi connectivity index (χ4v) is 1.39. The van der Waals surface area contributed by atoms with Crippen molar-refractivity contribution in [3.8, 4) is 0 Å². The standard InChI is InChI=1S/C10H17NO4/c1-6(7-3-4-7)9(13)11-5-8(12)10(14)15-2/h6-8,12H,3-5H2,1-2H3,(H,11,13). The van der Waals surface area contributed by atoms with Gasteiger partial charge in [0.25, 0.3) is 0 Å². The van der Waals surface area contributed by atoms with Gasteiger partial charge in [0.2, 0.25) is 5.91 Å². The Bertz CT molecular complexity index is 250. The molecule has 0 aromatic heterocycles. The van der Waals surface area contributed by atoms with E-state index in [1.165, 1.54) is 7.11 Å². The number of carbonyl (C=O) groups is 2. The molecule has 1 rings (SSSR count). The Kier molecular flexibility index (Phi) is 4.08. The molecule has 0 radical (unpaired) electrons. The third-order valence-corrected chi connectivity index (χ3v) is 2.69. The maximum Gasteiger partial charge on any atom is 0.336 e. The minimum Gasteiger partial charge on any atom is -0.467 e. The maximum absolute atomic E-state index is 11.5. The first-order valence-corrected chi connectivity index (χ1v) is 5.10. The lowest BCUT2D eigenvalue weighted by Crippen LogP contribution is -2.39. The lowest BCUT2D eigenvalue weighted by atomic mass is 10.1. The molecule has 1 aliphatic rings. The summed E-state index contributed by atoms with van der Waals surface area (Å²) in [5.74, 6) is -0.398. The van der Waals surface area contributed by atoms with Crippen LogP contribution in [0.5, 0.6) is 0 Å². The van der Waals surface area contributed by atoms with Gasteiger partial charge in [0.1, 0.15) is 0 Å². The molecule has 15 heavy (non-hydrogen) atoms. The molecule has 2 N–H and O–H groups in total. The van der Waals surface area contributed by atoms with Gasteiger partial charge in [-0.25, -0.2) is 4.79 Å². The predicted molar refractivity (Wildman–Crippen MR) is 52.9 cm³/mol. The van der Waals surface area contributed by atoms with Crippen molar-refractivity contribution in [1.29, 1.82) is 0 Å². The van der Waals surface area contributed by atoms with Crippen molar-refractivity contribution >= 4 is 11.9 Å². The second-order valence-electron chi connectivity index (χ2n) is 3.91. The average molecular weight is 215 g/mol. The number of hydrogen-bond acceptors (Lipinski definition) is 4. The second kappa shape index (κ2) is 5.11. The summed E-state index contributed by atoms with van der Waals surface area (Å²) in [4.78, 5) is 22.3. The third kappa shape index (κ3) is 3.51. The number of hydrogen-bond donors (Lipinski definition) is 2. The van der Waals surface area contributed by atoms with Crippen LogP contribution in [0.2, 0.25) is 0 Å².